The fraction of sp³-hybridized carbons (Fsp3) is 0.0667. The Morgan fingerprint density at radius 3 is 2.65 bits per heavy atom. The van der Waals surface area contributed by atoms with Crippen LogP contribution in [0.1, 0.15) is 11.1 Å². The normalized spacial score (nSPS) is 10.7. The number of nitrogens with zero attached hydrogens (tertiary/aromatic N) is 2. The lowest BCUT2D eigenvalue weighted by Gasteiger charge is -2.10. The van der Waals surface area contributed by atoms with Crippen LogP contribution in [0, 0.1) is 10.1 Å². The third-order valence-electron chi connectivity index (χ3n) is 2.86. The molecule has 0 saturated heterocycles. The van der Waals surface area contributed by atoms with E-state index in [-0.39, 0.29) is 17.9 Å². The molecule has 0 saturated carbocycles. The van der Waals surface area contributed by atoms with Gasteiger partial charge >= 0.3 is 0 Å². The first-order valence-corrected chi connectivity index (χ1v) is 7.27. The van der Waals surface area contributed by atoms with Crippen LogP contribution in [-0.2, 0) is 11.2 Å². The average molecular weight is 377 g/mol. The highest BCUT2D eigenvalue weighted by Gasteiger charge is 2.11. The van der Waals surface area contributed by atoms with Gasteiger partial charge < -0.3 is 5.11 Å². The highest BCUT2D eigenvalue weighted by molar-refractivity contribution is 9.10. The molecule has 0 aliphatic carbocycles. The molecule has 1 amide bonds. The van der Waals surface area contributed by atoms with Gasteiger partial charge in [-0.2, -0.15) is 5.10 Å². The number of carbonyl (C=O) groups is 1. The summed E-state index contributed by atoms with van der Waals surface area (Å²) in [7, 11) is 0. The van der Waals surface area contributed by atoms with Crippen LogP contribution in [0.15, 0.2) is 52.0 Å². The molecule has 2 rings (SSSR count). The summed E-state index contributed by atoms with van der Waals surface area (Å²) in [6.07, 6.45) is 1.23. The lowest BCUT2D eigenvalue weighted by molar-refractivity contribution is -0.398. The number of benzene rings is 2. The van der Waals surface area contributed by atoms with E-state index in [2.05, 4.69) is 26.5 Å². The first kappa shape index (κ1) is 16.6. The third-order valence-corrected chi connectivity index (χ3v) is 3.32. The highest BCUT2D eigenvalue weighted by Crippen LogP contribution is 2.30. The maximum Gasteiger partial charge on any atom is 0.263 e. The van der Waals surface area contributed by atoms with Crippen molar-refractivity contribution in [2.24, 2.45) is 5.10 Å². The van der Waals surface area contributed by atoms with Crippen molar-refractivity contribution in [3.8, 4) is 5.75 Å². The Morgan fingerprint density at radius 1 is 1.30 bits per heavy atom. The number of carbonyl (C=O) groups excluding carboxylic acids is 1. The van der Waals surface area contributed by atoms with Crippen molar-refractivity contribution < 1.29 is 14.8 Å². The molecule has 7 nitrogen and oxygen atoms in total. The zero-order chi connectivity index (χ0) is 16.8. The molecule has 0 fully saturated rings. The molecule has 118 valence electrons. The van der Waals surface area contributed by atoms with Crippen LogP contribution in [0.5, 0.6) is 5.75 Å². The van der Waals surface area contributed by atoms with Crippen LogP contribution in [-0.4, -0.2) is 17.0 Å². The number of amides is 1. The summed E-state index contributed by atoms with van der Waals surface area (Å²) >= 11 is 3.09. The van der Waals surface area contributed by atoms with Gasteiger partial charge in [-0.15, -0.1) is 0 Å². The maximum atomic E-state index is 11.9. The Hall–Kier alpha value is -2.74. The Balaban J connectivity index is 2.06. The summed E-state index contributed by atoms with van der Waals surface area (Å²) in [6.45, 7) is 0. The van der Waals surface area contributed by atoms with Gasteiger partial charge in [-0.25, -0.2) is 5.43 Å². The van der Waals surface area contributed by atoms with E-state index in [9.17, 15) is 20.0 Å². The van der Waals surface area contributed by atoms with Gasteiger partial charge in [0.2, 0.25) is 5.91 Å². The van der Waals surface area contributed by atoms with E-state index < -0.39 is 16.4 Å². The number of halogens is 1. The van der Waals surface area contributed by atoms with Crippen LogP contribution in [0.25, 0.3) is 0 Å². The van der Waals surface area contributed by atoms with E-state index in [0.29, 0.717) is 4.47 Å². The van der Waals surface area contributed by atoms with Crippen molar-refractivity contribution in [2.45, 2.75) is 6.42 Å². The molecule has 0 spiro atoms. The van der Waals surface area contributed by atoms with Crippen LogP contribution >= 0.6 is 15.9 Å². The molecule has 0 heterocycles. The fourth-order valence-corrected chi connectivity index (χ4v) is 2.29. The van der Waals surface area contributed by atoms with Crippen molar-refractivity contribution in [1.29, 1.82) is 0 Å². The highest BCUT2D eigenvalue weighted by atomic mass is 79.9. The molecule has 23 heavy (non-hydrogen) atoms. The van der Waals surface area contributed by atoms with Crippen molar-refractivity contribution in [1.82, 2.24) is 5.43 Å². The lowest BCUT2D eigenvalue weighted by atomic mass is 10.1. The molecule has 0 atom stereocenters. The third kappa shape index (κ3) is 4.62. The van der Waals surface area contributed by atoms with Crippen molar-refractivity contribution in [2.75, 3.05) is 0 Å². The van der Waals surface area contributed by atoms with Gasteiger partial charge in [-0.05, 0) is 22.9 Å². The van der Waals surface area contributed by atoms with Crippen LogP contribution in [0.3, 0.4) is 0 Å². The largest absolute Gasteiger partial charge is 0.867 e. The SMILES string of the molecule is O=C(Cc1ccccc1)N/N=C\c1cc(Br)cc([N+](=O)[O-])c1[O-]. The Kier molecular flexibility index (Phi) is 5.42. The lowest BCUT2D eigenvalue weighted by Crippen LogP contribution is -2.19. The van der Waals surface area contributed by atoms with E-state index in [1.807, 2.05) is 18.2 Å². The fourth-order valence-electron chi connectivity index (χ4n) is 1.83. The summed E-state index contributed by atoms with van der Waals surface area (Å²) in [4.78, 5) is 21.7. The number of rotatable bonds is 5. The summed E-state index contributed by atoms with van der Waals surface area (Å²) in [5, 5.41) is 26.3. The summed E-state index contributed by atoms with van der Waals surface area (Å²) in [5.41, 5.74) is 2.55. The molecule has 1 N–H and O–H groups in total. The standard InChI is InChI=1S/C15H12BrN3O4/c16-12-7-11(15(21)13(8-12)19(22)23)9-17-18-14(20)6-10-4-2-1-3-5-10/h1-5,7-9,21H,6H2,(H,18,20)/p-1/b17-9-. The summed E-state index contributed by atoms with van der Waals surface area (Å²) in [6, 6.07) is 11.6. The maximum absolute atomic E-state index is 11.9. The molecule has 0 aliphatic rings. The number of nitro benzene ring substituents is 1. The van der Waals surface area contributed by atoms with E-state index >= 15 is 0 Å². The van der Waals surface area contributed by atoms with E-state index in [0.717, 1.165) is 17.8 Å². The van der Waals surface area contributed by atoms with Gasteiger partial charge in [-0.3, -0.25) is 14.9 Å². The summed E-state index contributed by atoms with van der Waals surface area (Å²) < 4.78 is 0.376. The molecule has 0 bridgehead atoms. The predicted octanol–water partition coefficient (Wildman–Crippen LogP) is 2.12. The quantitative estimate of drug-likeness (QED) is 0.489. The topological polar surface area (TPSA) is 108 Å². The number of hydrazone groups is 1. The molecule has 2 aromatic carbocycles. The average Bonchev–Trinajstić information content (AvgIpc) is 2.51. The van der Waals surface area contributed by atoms with E-state index in [4.69, 9.17) is 0 Å². The van der Waals surface area contributed by atoms with Gasteiger partial charge in [-0.1, -0.05) is 46.3 Å². The first-order chi connectivity index (χ1) is 11.0. The van der Waals surface area contributed by atoms with Crippen molar-refractivity contribution in [3.05, 3.63) is 68.2 Å². The molecular weight excluding hydrogens is 366 g/mol. The van der Waals surface area contributed by atoms with Gasteiger partial charge in [0.1, 0.15) is 0 Å². The minimum atomic E-state index is -0.765. The zero-order valence-corrected chi connectivity index (χ0v) is 13.3. The van der Waals surface area contributed by atoms with Gasteiger partial charge in [0.25, 0.3) is 5.69 Å². The second-order valence-electron chi connectivity index (χ2n) is 4.56. The Morgan fingerprint density at radius 2 is 2.00 bits per heavy atom. The molecule has 8 heteroatoms. The van der Waals surface area contributed by atoms with Gasteiger partial charge in [0, 0.05) is 10.5 Å². The number of nitro groups is 1. The molecule has 0 aliphatic heterocycles. The van der Waals surface area contributed by atoms with Crippen LogP contribution in [0.2, 0.25) is 0 Å². The second-order valence-corrected chi connectivity index (χ2v) is 5.47. The first-order valence-electron chi connectivity index (χ1n) is 6.48. The minimum absolute atomic E-state index is 0.00564. The van der Waals surface area contributed by atoms with Gasteiger partial charge in [0.05, 0.1) is 17.6 Å². The number of hydrogen-bond acceptors (Lipinski definition) is 5. The van der Waals surface area contributed by atoms with Crippen LogP contribution in [0.4, 0.5) is 5.69 Å². The second kappa shape index (κ2) is 7.50. The molecule has 0 aromatic heterocycles. The van der Waals surface area contributed by atoms with Gasteiger partial charge in [0.15, 0.2) is 0 Å². The zero-order valence-electron chi connectivity index (χ0n) is 11.7. The predicted molar refractivity (Wildman–Crippen MR) is 86.1 cm³/mol. The molecular formula is C15H11BrN3O4-. The molecule has 2 aromatic rings. The number of hydrogen-bond donors (Lipinski definition) is 1. The van der Waals surface area contributed by atoms with Crippen LogP contribution < -0.4 is 10.5 Å². The summed E-state index contributed by atoms with van der Waals surface area (Å²) in [5.74, 6) is -1.12. The van der Waals surface area contributed by atoms with E-state index in [1.54, 1.807) is 12.1 Å². The Bertz CT molecular complexity index is 763. The molecule has 0 unspecified atom stereocenters. The minimum Gasteiger partial charge on any atom is -0.867 e. The molecule has 0 radical (unpaired) electrons. The monoisotopic (exact) mass is 376 g/mol. The smallest absolute Gasteiger partial charge is 0.263 e. The van der Waals surface area contributed by atoms with Crippen molar-refractivity contribution in [3.63, 3.8) is 0 Å². The van der Waals surface area contributed by atoms with Crippen molar-refractivity contribution >= 4 is 33.7 Å². The number of nitrogens with one attached hydrogen (secondary N) is 1. The van der Waals surface area contributed by atoms with E-state index in [1.165, 1.54) is 6.07 Å². The Labute approximate surface area is 139 Å².